The van der Waals surface area contributed by atoms with Crippen molar-refractivity contribution < 1.29 is 19.3 Å². The van der Waals surface area contributed by atoms with Gasteiger partial charge in [-0.2, -0.15) is 0 Å². The Hall–Kier alpha value is -1.13. The van der Waals surface area contributed by atoms with Gasteiger partial charge >= 0.3 is 0 Å². The van der Waals surface area contributed by atoms with Crippen molar-refractivity contribution in [1.82, 2.24) is 0 Å². The molecule has 1 aromatic rings. The van der Waals surface area contributed by atoms with Gasteiger partial charge in [-0.3, -0.25) is 0 Å². The van der Waals surface area contributed by atoms with Crippen LogP contribution in [0.5, 0.6) is 5.75 Å². The first-order valence-corrected chi connectivity index (χ1v) is 5.91. The van der Waals surface area contributed by atoms with Crippen LogP contribution in [0.15, 0.2) is 18.2 Å². The van der Waals surface area contributed by atoms with Gasteiger partial charge in [-0.25, -0.2) is 4.39 Å². The summed E-state index contributed by atoms with van der Waals surface area (Å²) in [5.74, 6) is -0.288. The first-order chi connectivity index (χ1) is 8.29. The first-order valence-electron chi connectivity index (χ1n) is 5.91. The maximum absolute atomic E-state index is 13.4. The normalized spacial score (nSPS) is 10.5. The minimum atomic E-state index is -0.438. The quantitative estimate of drug-likeness (QED) is 0.687. The van der Waals surface area contributed by atoms with Gasteiger partial charge in [0.05, 0.1) is 13.2 Å². The molecule has 4 heteroatoms. The summed E-state index contributed by atoms with van der Waals surface area (Å²) in [6.45, 7) is 0.416. The molecule has 0 amide bonds. The van der Waals surface area contributed by atoms with Crippen molar-refractivity contribution in [3.05, 3.63) is 29.6 Å². The fraction of sp³-hybridized carbons (Fsp3) is 0.538. The third kappa shape index (κ3) is 4.71. The molecule has 0 saturated carbocycles. The van der Waals surface area contributed by atoms with Crippen molar-refractivity contribution in [2.75, 3.05) is 13.2 Å². The van der Waals surface area contributed by atoms with Crippen LogP contribution in [0.1, 0.15) is 31.2 Å². The minimum absolute atomic E-state index is 0.150. The lowest BCUT2D eigenvalue weighted by Crippen LogP contribution is -2.02. The number of ether oxygens (including phenoxy) is 1. The van der Waals surface area contributed by atoms with Gasteiger partial charge in [-0.05, 0) is 25.3 Å². The number of hydrogen-bond acceptors (Lipinski definition) is 3. The van der Waals surface area contributed by atoms with Crippen LogP contribution < -0.4 is 4.74 Å². The second-order valence-electron chi connectivity index (χ2n) is 3.87. The Morgan fingerprint density at radius 1 is 1.06 bits per heavy atom. The second-order valence-corrected chi connectivity index (χ2v) is 3.87. The van der Waals surface area contributed by atoms with E-state index < -0.39 is 5.82 Å². The van der Waals surface area contributed by atoms with Crippen molar-refractivity contribution in [3.8, 4) is 5.75 Å². The summed E-state index contributed by atoms with van der Waals surface area (Å²) in [5, 5.41) is 17.6. The van der Waals surface area contributed by atoms with E-state index in [0.717, 1.165) is 25.7 Å². The predicted octanol–water partition coefficient (Wildman–Crippen LogP) is 2.25. The van der Waals surface area contributed by atoms with Gasteiger partial charge in [0.15, 0.2) is 11.6 Å². The molecule has 0 bridgehead atoms. The summed E-state index contributed by atoms with van der Waals surface area (Å²) < 4.78 is 18.7. The lowest BCUT2D eigenvalue weighted by Gasteiger charge is -2.10. The van der Waals surface area contributed by atoms with E-state index in [0.29, 0.717) is 12.2 Å². The Morgan fingerprint density at radius 2 is 1.82 bits per heavy atom. The molecule has 17 heavy (non-hydrogen) atoms. The molecule has 0 aromatic heterocycles. The van der Waals surface area contributed by atoms with Gasteiger partial charge in [0, 0.05) is 12.2 Å². The number of hydrogen-bond donors (Lipinski definition) is 2. The van der Waals surface area contributed by atoms with Gasteiger partial charge in [-0.1, -0.05) is 18.6 Å². The van der Waals surface area contributed by atoms with Crippen LogP contribution in [0.2, 0.25) is 0 Å². The maximum atomic E-state index is 13.4. The molecule has 0 radical (unpaired) electrons. The van der Waals surface area contributed by atoms with Crippen LogP contribution in [0.3, 0.4) is 0 Å². The zero-order valence-electron chi connectivity index (χ0n) is 9.86. The summed E-state index contributed by atoms with van der Waals surface area (Å²) in [5.41, 5.74) is 0.473. The van der Waals surface area contributed by atoms with Crippen molar-refractivity contribution in [1.29, 1.82) is 0 Å². The summed E-state index contributed by atoms with van der Waals surface area (Å²) >= 11 is 0. The van der Waals surface area contributed by atoms with Crippen LogP contribution in [-0.4, -0.2) is 23.4 Å². The second kappa shape index (κ2) is 8.03. The largest absolute Gasteiger partial charge is 0.490 e. The van der Waals surface area contributed by atoms with Gasteiger partial charge in [0.2, 0.25) is 0 Å². The first kappa shape index (κ1) is 13.9. The molecule has 0 fully saturated rings. The monoisotopic (exact) mass is 242 g/mol. The summed E-state index contributed by atoms with van der Waals surface area (Å²) in [6, 6.07) is 4.51. The average Bonchev–Trinajstić information content (AvgIpc) is 2.35. The Kier molecular flexibility index (Phi) is 6.58. The van der Waals surface area contributed by atoms with E-state index >= 15 is 0 Å². The summed E-state index contributed by atoms with van der Waals surface area (Å²) in [4.78, 5) is 0. The molecular weight excluding hydrogens is 223 g/mol. The van der Waals surface area contributed by atoms with E-state index in [2.05, 4.69) is 0 Å². The fourth-order valence-corrected chi connectivity index (χ4v) is 1.58. The molecule has 2 N–H and O–H groups in total. The Morgan fingerprint density at radius 3 is 2.53 bits per heavy atom. The minimum Gasteiger partial charge on any atom is -0.490 e. The van der Waals surface area contributed by atoms with Crippen LogP contribution in [0, 0.1) is 5.82 Å². The van der Waals surface area contributed by atoms with E-state index in [4.69, 9.17) is 14.9 Å². The van der Waals surface area contributed by atoms with Crippen LogP contribution in [0.25, 0.3) is 0 Å². The van der Waals surface area contributed by atoms with E-state index in [-0.39, 0.29) is 19.0 Å². The molecule has 96 valence electrons. The van der Waals surface area contributed by atoms with Crippen molar-refractivity contribution in [2.24, 2.45) is 0 Å². The van der Waals surface area contributed by atoms with Crippen molar-refractivity contribution in [2.45, 2.75) is 32.3 Å². The molecule has 0 aliphatic carbocycles. The van der Waals surface area contributed by atoms with Crippen molar-refractivity contribution in [3.63, 3.8) is 0 Å². The highest BCUT2D eigenvalue weighted by Crippen LogP contribution is 2.22. The zero-order chi connectivity index (χ0) is 12.5. The molecule has 0 heterocycles. The Labute approximate surface area is 101 Å². The van der Waals surface area contributed by atoms with Gasteiger partial charge < -0.3 is 14.9 Å². The number of aliphatic hydroxyl groups excluding tert-OH is 2. The molecule has 0 aliphatic heterocycles. The van der Waals surface area contributed by atoms with Gasteiger partial charge in [0.1, 0.15) is 0 Å². The zero-order valence-corrected chi connectivity index (χ0v) is 9.86. The molecule has 0 saturated heterocycles. The van der Waals surface area contributed by atoms with E-state index in [1.807, 2.05) is 0 Å². The molecule has 0 atom stereocenters. The smallest absolute Gasteiger partial charge is 0.165 e. The van der Waals surface area contributed by atoms with Crippen LogP contribution in [0.4, 0.5) is 4.39 Å². The van der Waals surface area contributed by atoms with Crippen LogP contribution >= 0.6 is 0 Å². The van der Waals surface area contributed by atoms with E-state index in [9.17, 15) is 4.39 Å². The maximum Gasteiger partial charge on any atom is 0.165 e. The highest BCUT2D eigenvalue weighted by atomic mass is 19.1. The van der Waals surface area contributed by atoms with Crippen molar-refractivity contribution >= 4 is 0 Å². The molecule has 1 aromatic carbocycles. The number of benzene rings is 1. The Bertz CT molecular complexity index is 328. The fourth-order valence-electron chi connectivity index (χ4n) is 1.58. The summed E-state index contributed by atoms with van der Waals surface area (Å²) in [6.07, 6.45) is 3.51. The lowest BCUT2D eigenvalue weighted by molar-refractivity contribution is 0.249. The highest BCUT2D eigenvalue weighted by Gasteiger charge is 2.08. The summed E-state index contributed by atoms with van der Waals surface area (Å²) in [7, 11) is 0. The lowest BCUT2D eigenvalue weighted by atomic mass is 10.2. The topological polar surface area (TPSA) is 49.7 Å². The molecule has 0 aliphatic rings. The molecule has 3 nitrogen and oxygen atoms in total. The number of halogens is 1. The number of unbranched alkanes of at least 4 members (excludes halogenated alkanes) is 3. The standard InChI is InChI=1S/C13H19FO3/c14-12-7-5-6-11(10-16)13(12)17-9-4-2-1-3-8-15/h5-7,15-16H,1-4,8-10H2. The molecule has 1 rings (SSSR count). The van der Waals surface area contributed by atoms with Gasteiger partial charge in [0.25, 0.3) is 0 Å². The molecule has 0 unspecified atom stereocenters. The Balaban J connectivity index is 2.35. The third-order valence-corrected chi connectivity index (χ3v) is 2.52. The number of para-hydroxylation sites is 1. The van der Waals surface area contributed by atoms with Crippen LogP contribution in [-0.2, 0) is 6.61 Å². The van der Waals surface area contributed by atoms with E-state index in [1.54, 1.807) is 12.1 Å². The molecule has 0 spiro atoms. The predicted molar refractivity (Wildman–Crippen MR) is 63.4 cm³/mol. The average molecular weight is 242 g/mol. The molecular formula is C13H19FO3. The number of aliphatic hydroxyl groups is 2. The SMILES string of the molecule is OCCCCCCOc1c(F)cccc1CO. The van der Waals surface area contributed by atoms with Gasteiger partial charge in [-0.15, -0.1) is 0 Å². The highest BCUT2D eigenvalue weighted by molar-refractivity contribution is 5.34. The van der Waals surface area contributed by atoms with E-state index in [1.165, 1.54) is 6.07 Å². The number of rotatable bonds is 8. The third-order valence-electron chi connectivity index (χ3n) is 2.52.